The maximum absolute atomic E-state index is 5.29. The standard InChI is InChI=1S/C14H32N4O2.HI/c1-5-15-14(17-9-12-20-6-2)16-8-7-10-18(3)11-13-19-4;/h5-13H2,1-4H3,(H2,15,16,17);1H. The summed E-state index contributed by atoms with van der Waals surface area (Å²) in [6.07, 6.45) is 1.04. The summed E-state index contributed by atoms with van der Waals surface area (Å²) in [5.41, 5.74) is 0. The van der Waals surface area contributed by atoms with E-state index in [9.17, 15) is 0 Å². The second kappa shape index (κ2) is 17.9. The molecule has 0 rings (SSSR count). The van der Waals surface area contributed by atoms with Crippen LogP contribution in [0.2, 0.25) is 0 Å². The summed E-state index contributed by atoms with van der Waals surface area (Å²) in [5.74, 6) is 0.867. The first-order valence-electron chi connectivity index (χ1n) is 7.52. The van der Waals surface area contributed by atoms with Crippen molar-refractivity contribution >= 4 is 29.9 Å². The zero-order chi connectivity index (χ0) is 15.1. The van der Waals surface area contributed by atoms with Gasteiger partial charge in [0.15, 0.2) is 5.96 Å². The van der Waals surface area contributed by atoms with Gasteiger partial charge in [-0.1, -0.05) is 0 Å². The van der Waals surface area contributed by atoms with Gasteiger partial charge in [0, 0.05) is 39.9 Å². The number of guanidine groups is 1. The molecule has 0 aromatic heterocycles. The summed E-state index contributed by atoms with van der Waals surface area (Å²) in [6.45, 7) is 10.8. The molecule has 0 aliphatic heterocycles. The molecule has 0 fully saturated rings. The van der Waals surface area contributed by atoms with Crippen molar-refractivity contribution in [3.8, 4) is 0 Å². The van der Waals surface area contributed by atoms with Crippen LogP contribution in [0, 0.1) is 0 Å². The van der Waals surface area contributed by atoms with Crippen molar-refractivity contribution in [3.63, 3.8) is 0 Å². The molecule has 0 amide bonds. The fourth-order valence-corrected chi connectivity index (χ4v) is 1.62. The lowest BCUT2D eigenvalue weighted by atomic mass is 10.4. The third-order valence-corrected chi connectivity index (χ3v) is 2.73. The van der Waals surface area contributed by atoms with Crippen LogP contribution in [0.5, 0.6) is 0 Å². The molecule has 0 heterocycles. The van der Waals surface area contributed by atoms with Crippen LogP contribution in [0.1, 0.15) is 20.3 Å². The maximum Gasteiger partial charge on any atom is 0.191 e. The molecule has 0 aliphatic rings. The normalized spacial score (nSPS) is 11.4. The second-order valence-electron chi connectivity index (χ2n) is 4.53. The molecule has 0 atom stereocenters. The van der Waals surface area contributed by atoms with Gasteiger partial charge in [0.25, 0.3) is 0 Å². The Morgan fingerprint density at radius 3 is 2.52 bits per heavy atom. The van der Waals surface area contributed by atoms with Crippen LogP contribution < -0.4 is 10.6 Å². The highest BCUT2D eigenvalue weighted by Crippen LogP contribution is 1.89. The van der Waals surface area contributed by atoms with Gasteiger partial charge in [-0.2, -0.15) is 0 Å². The molecular weight excluding hydrogens is 383 g/mol. The maximum atomic E-state index is 5.29. The molecule has 0 aromatic carbocycles. The summed E-state index contributed by atoms with van der Waals surface area (Å²) >= 11 is 0. The molecule has 0 saturated carbocycles. The minimum absolute atomic E-state index is 0. The van der Waals surface area contributed by atoms with Crippen molar-refractivity contribution in [2.24, 2.45) is 4.99 Å². The SMILES string of the molecule is CCNC(=NCCCN(C)CCOC)NCCOCC.I. The van der Waals surface area contributed by atoms with E-state index in [4.69, 9.17) is 9.47 Å². The van der Waals surface area contributed by atoms with Crippen LogP contribution in [0.3, 0.4) is 0 Å². The van der Waals surface area contributed by atoms with Crippen LogP contribution in [0.15, 0.2) is 4.99 Å². The summed E-state index contributed by atoms with van der Waals surface area (Å²) in [4.78, 5) is 6.80. The van der Waals surface area contributed by atoms with Gasteiger partial charge in [-0.15, -0.1) is 24.0 Å². The van der Waals surface area contributed by atoms with E-state index in [1.807, 2.05) is 6.92 Å². The highest BCUT2D eigenvalue weighted by Gasteiger charge is 1.98. The molecule has 21 heavy (non-hydrogen) atoms. The topological polar surface area (TPSA) is 58.1 Å². The first-order chi connectivity index (χ1) is 9.74. The molecule has 6 nitrogen and oxygen atoms in total. The minimum Gasteiger partial charge on any atom is -0.383 e. The summed E-state index contributed by atoms with van der Waals surface area (Å²) in [5, 5.41) is 6.49. The van der Waals surface area contributed by atoms with E-state index in [2.05, 4.69) is 34.5 Å². The highest BCUT2D eigenvalue weighted by molar-refractivity contribution is 14.0. The van der Waals surface area contributed by atoms with E-state index in [0.29, 0.717) is 6.61 Å². The highest BCUT2D eigenvalue weighted by atomic mass is 127. The van der Waals surface area contributed by atoms with Crippen LogP contribution in [-0.4, -0.2) is 77.6 Å². The van der Waals surface area contributed by atoms with Crippen molar-refractivity contribution < 1.29 is 9.47 Å². The van der Waals surface area contributed by atoms with Crippen LogP contribution in [0.25, 0.3) is 0 Å². The monoisotopic (exact) mass is 416 g/mol. The Morgan fingerprint density at radius 2 is 1.90 bits per heavy atom. The van der Waals surface area contributed by atoms with Gasteiger partial charge < -0.3 is 25.0 Å². The molecule has 2 N–H and O–H groups in total. The van der Waals surface area contributed by atoms with Gasteiger partial charge in [-0.05, 0) is 33.9 Å². The largest absolute Gasteiger partial charge is 0.383 e. The number of methoxy groups -OCH3 is 1. The Morgan fingerprint density at radius 1 is 1.14 bits per heavy atom. The molecular formula is C14H33IN4O2. The number of ether oxygens (including phenoxy) is 2. The van der Waals surface area contributed by atoms with Gasteiger partial charge in [-0.3, -0.25) is 4.99 Å². The summed E-state index contributed by atoms with van der Waals surface area (Å²) < 4.78 is 10.3. The molecule has 0 unspecified atom stereocenters. The summed E-state index contributed by atoms with van der Waals surface area (Å²) in [7, 11) is 3.84. The zero-order valence-electron chi connectivity index (χ0n) is 14.0. The van der Waals surface area contributed by atoms with Crippen molar-refractivity contribution in [2.75, 3.05) is 66.7 Å². The predicted molar refractivity (Wildman–Crippen MR) is 99.9 cm³/mol. The number of halogens is 1. The van der Waals surface area contributed by atoms with E-state index < -0.39 is 0 Å². The van der Waals surface area contributed by atoms with Gasteiger partial charge in [0.2, 0.25) is 0 Å². The van der Waals surface area contributed by atoms with Crippen LogP contribution in [0.4, 0.5) is 0 Å². The van der Waals surface area contributed by atoms with Crippen LogP contribution >= 0.6 is 24.0 Å². The minimum atomic E-state index is 0. The average molecular weight is 416 g/mol. The smallest absolute Gasteiger partial charge is 0.191 e. The van der Waals surface area contributed by atoms with Gasteiger partial charge >= 0.3 is 0 Å². The fourth-order valence-electron chi connectivity index (χ4n) is 1.62. The Hall–Kier alpha value is -0.120. The zero-order valence-corrected chi connectivity index (χ0v) is 16.3. The van der Waals surface area contributed by atoms with E-state index >= 15 is 0 Å². The molecule has 7 heteroatoms. The molecule has 0 saturated heterocycles. The number of aliphatic imine (C=N–C) groups is 1. The Bertz CT molecular complexity index is 243. The first kappa shape index (κ1) is 23.2. The van der Waals surface area contributed by atoms with E-state index in [1.165, 1.54) is 0 Å². The third kappa shape index (κ3) is 16.1. The van der Waals surface area contributed by atoms with Crippen LogP contribution in [-0.2, 0) is 9.47 Å². The van der Waals surface area contributed by atoms with Crippen molar-refractivity contribution in [1.29, 1.82) is 0 Å². The van der Waals surface area contributed by atoms with Gasteiger partial charge in [0.1, 0.15) is 0 Å². The van der Waals surface area contributed by atoms with Crippen molar-refractivity contribution in [2.45, 2.75) is 20.3 Å². The van der Waals surface area contributed by atoms with Crippen molar-refractivity contribution in [3.05, 3.63) is 0 Å². The summed E-state index contributed by atoms with van der Waals surface area (Å²) in [6, 6.07) is 0. The predicted octanol–water partition coefficient (Wildman–Crippen LogP) is 1.16. The van der Waals surface area contributed by atoms with Crippen molar-refractivity contribution in [1.82, 2.24) is 15.5 Å². The molecule has 0 aromatic rings. The molecule has 128 valence electrons. The lowest BCUT2D eigenvalue weighted by molar-refractivity contribution is 0.152. The quantitative estimate of drug-likeness (QED) is 0.217. The van der Waals surface area contributed by atoms with E-state index in [0.717, 1.165) is 58.3 Å². The Balaban J connectivity index is 0. The van der Waals surface area contributed by atoms with Gasteiger partial charge in [-0.25, -0.2) is 0 Å². The number of nitrogens with one attached hydrogen (secondary N) is 2. The fraction of sp³-hybridized carbons (Fsp3) is 0.929. The number of rotatable bonds is 12. The number of likely N-dealkylation sites (N-methyl/N-ethyl adjacent to an activating group) is 1. The first-order valence-corrected chi connectivity index (χ1v) is 7.52. The molecule has 0 aliphatic carbocycles. The molecule has 0 radical (unpaired) electrons. The Labute approximate surface area is 147 Å². The lowest BCUT2D eigenvalue weighted by Crippen LogP contribution is -2.39. The average Bonchev–Trinajstić information content (AvgIpc) is 2.45. The number of hydrogen-bond acceptors (Lipinski definition) is 4. The molecule has 0 spiro atoms. The number of nitrogens with zero attached hydrogens (tertiary/aromatic N) is 2. The van der Waals surface area contributed by atoms with E-state index in [1.54, 1.807) is 7.11 Å². The number of hydrogen-bond donors (Lipinski definition) is 2. The Kier molecular flexibility index (Phi) is 19.8. The van der Waals surface area contributed by atoms with Gasteiger partial charge in [0.05, 0.1) is 13.2 Å². The lowest BCUT2D eigenvalue weighted by Gasteiger charge is -2.15. The third-order valence-electron chi connectivity index (χ3n) is 2.73. The molecule has 0 bridgehead atoms. The second-order valence-corrected chi connectivity index (χ2v) is 4.53. The van der Waals surface area contributed by atoms with E-state index in [-0.39, 0.29) is 24.0 Å².